The fourth-order valence-corrected chi connectivity index (χ4v) is 2.87. The Morgan fingerprint density at radius 1 is 1.32 bits per heavy atom. The van der Waals surface area contributed by atoms with Gasteiger partial charge in [-0.15, -0.1) is 0 Å². The van der Waals surface area contributed by atoms with Crippen LogP contribution in [-0.2, 0) is 16.6 Å². The topological polar surface area (TPSA) is 83.4 Å². The average Bonchev–Trinajstić information content (AvgIpc) is 2.94. The first-order valence-electron chi connectivity index (χ1n) is 7.96. The summed E-state index contributed by atoms with van der Waals surface area (Å²) >= 11 is 0. The molecule has 1 aromatic rings. The van der Waals surface area contributed by atoms with Gasteiger partial charge in [-0.3, -0.25) is 9.59 Å². The summed E-state index contributed by atoms with van der Waals surface area (Å²) in [5.74, 6) is -1.19. The molecule has 22 heavy (non-hydrogen) atoms. The predicted molar refractivity (Wildman–Crippen MR) is 83.0 cm³/mol. The van der Waals surface area contributed by atoms with Crippen molar-refractivity contribution in [2.75, 3.05) is 6.54 Å². The van der Waals surface area contributed by atoms with Crippen molar-refractivity contribution < 1.29 is 14.7 Å². The standard InChI is InChI=1S/C16H25N3O3/c1-19-11-5-8-13(19)14(20)9-10-17-15(21)16(22)18-12-6-3-2-4-7-12/h5,8,11-12,14,20H,2-4,6-7,9-10H2,1H3,(H,17,21)(H,18,22). The molecule has 6 nitrogen and oxygen atoms in total. The molecule has 1 aliphatic carbocycles. The van der Waals surface area contributed by atoms with E-state index in [0.717, 1.165) is 31.4 Å². The number of aryl methyl sites for hydroxylation is 1. The van der Waals surface area contributed by atoms with Gasteiger partial charge in [-0.1, -0.05) is 19.3 Å². The fraction of sp³-hybridized carbons (Fsp3) is 0.625. The Labute approximate surface area is 130 Å². The first kappa shape index (κ1) is 16.5. The number of rotatable bonds is 5. The first-order valence-corrected chi connectivity index (χ1v) is 7.96. The Bertz CT molecular complexity index is 506. The summed E-state index contributed by atoms with van der Waals surface area (Å²) in [6.45, 7) is 0.267. The highest BCUT2D eigenvalue weighted by Gasteiger charge is 2.20. The second kappa shape index (κ2) is 7.98. The van der Waals surface area contributed by atoms with E-state index in [1.54, 1.807) is 0 Å². The van der Waals surface area contributed by atoms with E-state index in [2.05, 4.69) is 10.6 Å². The normalized spacial score (nSPS) is 17.0. The molecule has 1 unspecified atom stereocenters. The van der Waals surface area contributed by atoms with Crippen LogP contribution in [0.3, 0.4) is 0 Å². The van der Waals surface area contributed by atoms with Crippen LogP contribution >= 0.6 is 0 Å². The highest BCUT2D eigenvalue weighted by Crippen LogP contribution is 2.17. The molecular weight excluding hydrogens is 282 g/mol. The van der Waals surface area contributed by atoms with Crippen molar-refractivity contribution in [3.05, 3.63) is 24.0 Å². The maximum Gasteiger partial charge on any atom is 0.309 e. The van der Waals surface area contributed by atoms with Crippen LogP contribution in [0.15, 0.2) is 18.3 Å². The van der Waals surface area contributed by atoms with E-state index in [9.17, 15) is 14.7 Å². The summed E-state index contributed by atoms with van der Waals surface area (Å²) in [7, 11) is 1.86. The van der Waals surface area contributed by atoms with Gasteiger partial charge in [0.05, 0.1) is 6.10 Å². The molecule has 1 saturated carbocycles. The lowest BCUT2D eigenvalue weighted by atomic mass is 9.95. The summed E-state index contributed by atoms with van der Waals surface area (Å²) in [4.78, 5) is 23.5. The van der Waals surface area contributed by atoms with Crippen LogP contribution in [0.2, 0.25) is 0 Å². The van der Waals surface area contributed by atoms with Gasteiger partial charge < -0.3 is 20.3 Å². The third kappa shape index (κ3) is 4.59. The predicted octanol–water partition coefficient (Wildman–Crippen LogP) is 1.01. The minimum absolute atomic E-state index is 0.126. The van der Waals surface area contributed by atoms with Gasteiger partial charge in [0.25, 0.3) is 0 Å². The molecule has 0 saturated heterocycles. The van der Waals surface area contributed by atoms with Gasteiger partial charge in [-0.05, 0) is 31.4 Å². The van der Waals surface area contributed by atoms with Crippen LogP contribution in [0, 0.1) is 0 Å². The quantitative estimate of drug-likeness (QED) is 0.710. The van der Waals surface area contributed by atoms with E-state index >= 15 is 0 Å². The molecule has 0 spiro atoms. The van der Waals surface area contributed by atoms with Crippen molar-refractivity contribution in [2.24, 2.45) is 7.05 Å². The summed E-state index contributed by atoms with van der Waals surface area (Å²) in [6, 6.07) is 3.82. The van der Waals surface area contributed by atoms with Gasteiger partial charge in [0.15, 0.2) is 0 Å². The summed E-state index contributed by atoms with van der Waals surface area (Å²) in [5.41, 5.74) is 0.793. The van der Waals surface area contributed by atoms with Crippen LogP contribution in [-0.4, -0.2) is 34.1 Å². The lowest BCUT2D eigenvalue weighted by molar-refractivity contribution is -0.139. The van der Waals surface area contributed by atoms with Crippen molar-refractivity contribution in [1.82, 2.24) is 15.2 Å². The maximum absolute atomic E-state index is 11.8. The second-order valence-electron chi connectivity index (χ2n) is 5.91. The van der Waals surface area contributed by atoms with Gasteiger partial charge in [-0.25, -0.2) is 0 Å². The largest absolute Gasteiger partial charge is 0.387 e. The number of carbonyl (C=O) groups is 2. The minimum Gasteiger partial charge on any atom is -0.387 e. The lowest BCUT2D eigenvalue weighted by Gasteiger charge is -2.22. The van der Waals surface area contributed by atoms with Crippen LogP contribution in [0.1, 0.15) is 50.3 Å². The zero-order chi connectivity index (χ0) is 15.9. The number of aromatic nitrogens is 1. The highest BCUT2D eigenvalue weighted by atomic mass is 16.3. The Morgan fingerprint density at radius 2 is 2.05 bits per heavy atom. The molecule has 1 aromatic heterocycles. The average molecular weight is 307 g/mol. The highest BCUT2D eigenvalue weighted by molar-refractivity contribution is 6.35. The van der Waals surface area contributed by atoms with E-state index in [4.69, 9.17) is 0 Å². The van der Waals surface area contributed by atoms with Crippen molar-refractivity contribution in [3.8, 4) is 0 Å². The number of nitrogens with zero attached hydrogens (tertiary/aromatic N) is 1. The number of aliphatic hydroxyl groups excluding tert-OH is 1. The van der Waals surface area contributed by atoms with Crippen LogP contribution in [0.4, 0.5) is 0 Å². The van der Waals surface area contributed by atoms with Gasteiger partial charge in [0.1, 0.15) is 0 Å². The number of carbonyl (C=O) groups excluding carboxylic acids is 2. The Morgan fingerprint density at radius 3 is 2.68 bits per heavy atom. The van der Waals surface area contributed by atoms with Gasteiger partial charge in [0, 0.05) is 31.5 Å². The number of nitrogens with one attached hydrogen (secondary N) is 2. The van der Waals surface area contributed by atoms with Crippen LogP contribution in [0.5, 0.6) is 0 Å². The molecule has 122 valence electrons. The minimum atomic E-state index is -0.651. The SMILES string of the molecule is Cn1cccc1C(O)CCNC(=O)C(=O)NC1CCCCC1. The van der Waals surface area contributed by atoms with Crippen LogP contribution < -0.4 is 10.6 Å². The summed E-state index contributed by atoms with van der Waals surface area (Å²) < 4.78 is 1.84. The van der Waals surface area contributed by atoms with E-state index in [1.165, 1.54) is 6.42 Å². The van der Waals surface area contributed by atoms with Gasteiger partial charge in [-0.2, -0.15) is 0 Å². The number of amides is 2. The third-order valence-electron chi connectivity index (χ3n) is 4.18. The smallest absolute Gasteiger partial charge is 0.309 e. The summed E-state index contributed by atoms with van der Waals surface area (Å²) in [6.07, 6.45) is 6.90. The Balaban J connectivity index is 1.68. The molecule has 1 aliphatic rings. The van der Waals surface area contributed by atoms with Crippen molar-refractivity contribution >= 4 is 11.8 Å². The lowest BCUT2D eigenvalue weighted by Crippen LogP contribution is -2.45. The third-order valence-corrected chi connectivity index (χ3v) is 4.18. The zero-order valence-electron chi connectivity index (χ0n) is 13.0. The Kier molecular flexibility index (Phi) is 6.00. The van der Waals surface area contributed by atoms with Gasteiger partial charge in [0.2, 0.25) is 0 Å². The molecule has 0 aromatic carbocycles. The molecule has 0 aliphatic heterocycles. The zero-order valence-corrected chi connectivity index (χ0v) is 13.0. The number of hydrogen-bond donors (Lipinski definition) is 3. The summed E-state index contributed by atoms with van der Waals surface area (Å²) in [5, 5.41) is 15.4. The molecule has 1 atom stereocenters. The van der Waals surface area contributed by atoms with Crippen molar-refractivity contribution in [2.45, 2.75) is 50.7 Å². The Hall–Kier alpha value is -1.82. The van der Waals surface area contributed by atoms with Crippen LogP contribution in [0.25, 0.3) is 0 Å². The van der Waals surface area contributed by atoms with Gasteiger partial charge >= 0.3 is 11.8 Å². The fourth-order valence-electron chi connectivity index (χ4n) is 2.87. The molecule has 1 heterocycles. The number of aliphatic hydroxyl groups is 1. The van der Waals surface area contributed by atoms with E-state index in [1.807, 2.05) is 29.9 Å². The van der Waals surface area contributed by atoms with E-state index < -0.39 is 17.9 Å². The van der Waals surface area contributed by atoms with Crippen molar-refractivity contribution in [1.29, 1.82) is 0 Å². The monoisotopic (exact) mass is 307 g/mol. The maximum atomic E-state index is 11.8. The molecule has 2 amide bonds. The molecule has 6 heteroatoms. The molecule has 3 N–H and O–H groups in total. The second-order valence-corrected chi connectivity index (χ2v) is 5.91. The molecule has 0 bridgehead atoms. The van der Waals surface area contributed by atoms with Crippen molar-refractivity contribution in [3.63, 3.8) is 0 Å². The van der Waals surface area contributed by atoms with E-state index in [0.29, 0.717) is 6.42 Å². The number of hydrogen-bond acceptors (Lipinski definition) is 3. The molecule has 2 rings (SSSR count). The molecule has 0 radical (unpaired) electrons. The molecule has 1 fully saturated rings. The molecular formula is C16H25N3O3. The first-order chi connectivity index (χ1) is 10.6. The van der Waals surface area contributed by atoms with E-state index in [-0.39, 0.29) is 12.6 Å².